The predicted molar refractivity (Wildman–Crippen MR) is 332 cm³/mol. The summed E-state index contributed by atoms with van der Waals surface area (Å²) in [7, 11) is 0. The normalized spacial score (nSPS) is 29.2. The number of ether oxygens (including phenoxy) is 6. The van der Waals surface area contributed by atoms with Crippen molar-refractivity contribution in [2.24, 2.45) is 0 Å². The average Bonchev–Trinajstić information content (AvgIpc) is 2.80. The lowest BCUT2D eigenvalue weighted by atomic mass is 9.96. The maximum absolute atomic E-state index is 13.4. The van der Waals surface area contributed by atoms with E-state index in [4.69, 9.17) is 28.4 Å². The maximum atomic E-state index is 13.4. The van der Waals surface area contributed by atoms with Gasteiger partial charge >= 0.3 is 0 Å². The molecular weight excluding hydrogens is 1110 g/mol. The van der Waals surface area contributed by atoms with Gasteiger partial charge in [-0.1, -0.05) is 209 Å². The van der Waals surface area contributed by atoms with Gasteiger partial charge in [0.05, 0.1) is 38.6 Å². The number of carbonyl (C=O) groups excluding carboxylic acids is 1. The predicted octanol–water partition coefficient (Wildman–Crippen LogP) is 7.77. The lowest BCUT2D eigenvalue weighted by molar-refractivity contribution is -0.379. The molecule has 0 spiro atoms. The van der Waals surface area contributed by atoms with E-state index < -0.39 is 124 Å². The molecule has 19 heteroatoms. The van der Waals surface area contributed by atoms with Crippen molar-refractivity contribution in [1.29, 1.82) is 0 Å². The van der Waals surface area contributed by atoms with E-state index in [0.29, 0.717) is 12.8 Å². The van der Waals surface area contributed by atoms with Crippen LogP contribution in [-0.2, 0) is 33.2 Å². The number of nitrogens with one attached hydrogen (secondary N) is 1. The highest BCUT2D eigenvalue weighted by Crippen LogP contribution is 2.33. The topological polar surface area (TPSA) is 307 Å². The SMILES string of the molecule is CC/C=C\C/C=C\C/C=C\C/C=C\CCCCCCCCC(=O)NC(COC1OC(CO)C(OC2OC(CO)C(OC3OC(CO)C(O)C(O)C3O)C(O)C2O)C(O)C1O)C(O)/C=C/CC/C=C/CCCCCCCCCCCCCCCCCC. The van der Waals surface area contributed by atoms with Gasteiger partial charge in [-0.05, 0) is 70.6 Å². The number of hydrogen-bond acceptors (Lipinski definition) is 18. The van der Waals surface area contributed by atoms with Gasteiger partial charge in [0.15, 0.2) is 18.9 Å². The van der Waals surface area contributed by atoms with Gasteiger partial charge in [-0.25, -0.2) is 0 Å². The van der Waals surface area contributed by atoms with Gasteiger partial charge in [-0.3, -0.25) is 4.79 Å². The van der Waals surface area contributed by atoms with Crippen LogP contribution < -0.4 is 5.32 Å². The summed E-state index contributed by atoms with van der Waals surface area (Å²) in [5.74, 6) is -0.301. The maximum Gasteiger partial charge on any atom is 0.220 e. The van der Waals surface area contributed by atoms with Crippen LogP contribution in [0.3, 0.4) is 0 Å². The number of hydrogen-bond donors (Lipinski definition) is 12. The van der Waals surface area contributed by atoms with Crippen LogP contribution in [0.5, 0.6) is 0 Å². The Hall–Kier alpha value is -2.77. The van der Waals surface area contributed by atoms with Crippen molar-refractivity contribution >= 4 is 5.91 Å². The van der Waals surface area contributed by atoms with Crippen molar-refractivity contribution in [3.63, 3.8) is 0 Å². The highest BCUT2D eigenvalue weighted by molar-refractivity contribution is 5.76. The second-order valence-corrected chi connectivity index (χ2v) is 23.5. The molecule has 0 aliphatic carbocycles. The lowest BCUT2D eigenvalue weighted by Gasteiger charge is -2.48. The molecule has 19 nitrogen and oxygen atoms in total. The summed E-state index contributed by atoms with van der Waals surface area (Å²) in [6, 6.07) is -1.00. The van der Waals surface area contributed by atoms with Gasteiger partial charge in [0, 0.05) is 6.42 Å². The molecule has 3 saturated heterocycles. The third kappa shape index (κ3) is 31.3. The Morgan fingerprint density at radius 2 is 0.814 bits per heavy atom. The van der Waals surface area contributed by atoms with E-state index in [9.17, 15) is 61.0 Å². The minimum Gasteiger partial charge on any atom is -0.394 e. The number of rotatable bonds is 49. The van der Waals surface area contributed by atoms with Gasteiger partial charge in [-0.2, -0.15) is 0 Å². The molecule has 17 unspecified atom stereocenters. The molecule has 17 atom stereocenters. The number of aliphatic hydroxyl groups excluding tert-OH is 11. The Kier molecular flexibility index (Phi) is 44.1. The molecule has 3 heterocycles. The highest BCUT2D eigenvalue weighted by Gasteiger charge is 2.53. The molecule has 498 valence electrons. The van der Waals surface area contributed by atoms with Gasteiger partial charge in [0.2, 0.25) is 5.91 Å². The summed E-state index contributed by atoms with van der Waals surface area (Å²) in [5, 5.41) is 120. The van der Waals surface area contributed by atoms with E-state index in [2.05, 4.69) is 79.9 Å². The number of aliphatic hydroxyl groups is 11. The van der Waals surface area contributed by atoms with E-state index in [1.807, 2.05) is 6.08 Å². The summed E-state index contributed by atoms with van der Waals surface area (Å²) >= 11 is 0. The molecule has 3 fully saturated rings. The first-order valence-corrected chi connectivity index (χ1v) is 33.2. The Balaban J connectivity index is 1.49. The van der Waals surface area contributed by atoms with Crippen molar-refractivity contribution in [3.8, 4) is 0 Å². The van der Waals surface area contributed by atoms with Crippen LogP contribution in [0, 0.1) is 0 Å². The molecule has 3 rings (SSSR count). The molecule has 12 N–H and O–H groups in total. The Morgan fingerprint density at radius 3 is 1.30 bits per heavy atom. The number of unbranched alkanes of at least 4 members (excludes halogenated alkanes) is 23. The molecule has 86 heavy (non-hydrogen) atoms. The van der Waals surface area contributed by atoms with Crippen LogP contribution in [0.15, 0.2) is 72.9 Å². The largest absolute Gasteiger partial charge is 0.394 e. The van der Waals surface area contributed by atoms with Gasteiger partial charge in [0.25, 0.3) is 0 Å². The minimum absolute atomic E-state index is 0.216. The molecule has 0 saturated carbocycles. The standard InChI is InChI=1S/C67H117NO18/c1-3-5-7-9-11-13-15-17-19-21-23-24-25-27-28-30-32-34-36-38-40-42-44-51(72)50(68-55(73)45-43-41-39-37-35-33-31-29-26-22-20-18-16-14-12-10-8-6-4-2)49-81-65-61(79)58(76)63(53(47-70)83-65)86-67-62(80)59(77)64(54(48-71)84-67)85-66-60(78)57(75)56(74)52(46-69)82-66/h6,8,12,14,18,20,26,29,34,36,42,44,50-54,56-67,69-72,74-80H,3-5,7,9-11,13,15-17,19,21-25,27-28,30-33,35,37-41,43,45-49H2,1-2H3,(H,68,73)/b8-6-,14-12-,20-18-,29-26-,36-34+,44-42+. The average molecular weight is 1220 g/mol. The van der Waals surface area contributed by atoms with Gasteiger partial charge < -0.3 is 89.9 Å². The van der Waals surface area contributed by atoms with Crippen molar-refractivity contribution in [2.45, 2.75) is 317 Å². The van der Waals surface area contributed by atoms with Crippen LogP contribution >= 0.6 is 0 Å². The van der Waals surface area contributed by atoms with Crippen LogP contribution in [0.1, 0.15) is 213 Å². The summed E-state index contributed by atoms with van der Waals surface area (Å²) in [6.45, 7) is 1.59. The zero-order chi connectivity index (χ0) is 62.6. The first kappa shape index (κ1) is 77.5. The van der Waals surface area contributed by atoms with Gasteiger partial charge in [-0.15, -0.1) is 0 Å². The molecule has 0 aromatic carbocycles. The molecule has 3 aliphatic rings. The zero-order valence-electron chi connectivity index (χ0n) is 52.3. The number of allylic oxidation sites excluding steroid dienone is 11. The zero-order valence-corrected chi connectivity index (χ0v) is 52.3. The van der Waals surface area contributed by atoms with Crippen molar-refractivity contribution < 1.29 is 89.4 Å². The first-order chi connectivity index (χ1) is 41.8. The fraction of sp³-hybridized carbons (Fsp3) is 0.806. The third-order valence-corrected chi connectivity index (χ3v) is 16.2. The Morgan fingerprint density at radius 1 is 0.430 bits per heavy atom. The second-order valence-electron chi connectivity index (χ2n) is 23.5. The quantitative estimate of drug-likeness (QED) is 0.0204. The highest BCUT2D eigenvalue weighted by atomic mass is 16.8. The first-order valence-electron chi connectivity index (χ1n) is 33.2. The third-order valence-electron chi connectivity index (χ3n) is 16.2. The summed E-state index contributed by atoms with van der Waals surface area (Å²) in [5.41, 5.74) is 0. The monoisotopic (exact) mass is 1220 g/mol. The summed E-state index contributed by atoms with van der Waals surface area (Å²) < 4.78 is 34.3. The summed E-state index contributed by atoms with van der Waals surface area (Å²) in [6.07, 6.45) is 33.0. The molecule has 0 aromatic heterocycles. The fourth-order valence-electron chi connectivity index (χ4n) is 10.8. The van der Waals surface area contributed by atoms with Crippen LogP contribution in [0.2, 0.25) is 0 Å². The van der Waals surface area contributed by atoms with E-state index in [-0.39, 0.29) is 18.9 Å². The minimum atomic E-state index is -1.99. The molecule has 0 aromatic rings. The molecule has 1 amide bonds. The Bertz CT molecular complexity index is 1850. The van der Waals surface area contributed by atoms with Gasteiger partial charge in [0.1, 0.15) is 73.2 Å². The molecule has 0 radical (unpaired) electrons. The number of carbonyl (C=O) groups is 1. The van der Waals surface area contributed by atoms with Crippen LogP contribution in [0.25, 0.3) is 0 Å². The molecule has 3 aliphatic heterocycles. The van der Waals surface area contributed by atoms with Crippen LogP contribution in [0.4, 0.5) is 0 Å². The van der Waals surface area contributed by atoms with E-state index >= 15 is 0 Å². The molecule has 0 bridgehead atoms. The summed E-state index contributed by atoms with van der Waals surface area (Å²) in [4.78, 5) is 13.4. The van der Waals surface area contributed by atoms with Crippen molar-refractivity contribution in [1.82, 2.24) is 5.32 Å². The Labute approximate surface area is 515 Å². The lowest BCUT2D eigenvalue weighted by Crippen LogP contribution is -2.66. The van der Waals surface area contributed by atoms with Crippen molar-refractivity contribution in [3.05, 3.63) is 72.9 Å². The van der Waals surface area contributed by atoms with Crippen molar-refractivity contribution in [2.75, 3.05) is 26.4 Å². The van der Waals surface area contributed by atoms with Crippen LogP contribution in [-0.4, -0.2) is 193 Å². The fourth-order valence-corrected chi connectivity index (χ4v) is 10.8. The van der Waals surface area contributed by atoms with E-state index in [0.717, 1.165) is 83.5 Å². The smallest absolute Gasteiger partial charge is 0.220 e. The number of amides is 1. The molecular formula is C67H117NO18. The van der Waals surface area contributed by atoms with E-state index in [1.165, 1.54) is 96.3 Å². The van der Waals surface area contributed by atoms with E-state index in [1.54, 1.807) is 6.08 Å². The second kappa shape index (κ2) is 49.0.